The lowest BCUT2D eigenvalue weighted by Gasteiger charge is -2.02. The third-order valence-corrected chi connectivity index (χ3v) is 3.55. The van der Waals surface area contributed by atoms with Crippen molar-refractivity contribution in [1.29, 1.82) is 0 Å². The maximum Gasteiger partial charge on any atom is 0.320 e. The van der Waals surface area contributed by atoms with Crippen molar-refractivity contribution in [3.05, 3.63) is 75.8 Å². The van der Waals surface area contributed by atoms with E-state index in [0.717, 1.165) is 13.0 Å². The van der Waals surface area contributed by atoms with Crippen LogP contribution in [0.4, 0.5) is 5.69 Å². The van der Waals surface area contributed by atoms with Crippen LogP contribution in [0.3, 0.4) is 0 Å². The number of aldehydes is 1. The number of nitro benzene ring substituents is 1. The molecule has 158 valence electrons. The Bertz CT molecular complexity index is 723. The summed E-state index contributed by atoms with van der Waals surface area (Å²) < 4.78 is 0. The lowest BCUT2D eigenvalue weighted by molar-refractivity contribution is -0.384. The first-order valence-corrected chi connectivity index (χ1v) is 8.97. The highest BCUT2D eigenvalue weighted by Gasteiger charge is 2.08. The van der Waals surface area contributed by atoms with Gasteiger partial charge in [0.25, 0.3) is 5.69 Å². The molecule has 0 saturated heterocycles. The van der Waals surface area contributed by atoms with Crippen LogP contribution in [0.5, 0.6) is 0 Å². The molecule has 0 aliphatic rings. The Labute approximate surface area is 169 Å². The lowest BCUT2D eigenvalue weighted by atomic mass is 10.2. The van der Waals surface area contributed by atoms with E-state index in [1.807, 2.05) is 18.2 Å². The van der Waals surface area contributed by atoms with E-state index in [-0.39, 0.29) is 5.69 Å². The first-order chi connectivity index (χ1) is 13.8. The number of non-ortho nitro benzene ring substituents is 1. The van der Waals surface area contributed by atoms with E-state index >= 15 is 0 Å². The topological polar surface area (TPSA) is 176 Å². The van der Waals surface area contributed by atoms with Gasteiger partial charge in [-0.25, -0.2) is 0 Å². The Hall–Kier alpha value is -3.14. The zero-order valence-electron chi connectivity index (χ0n) is 16.1. The third kappa shape index (κ3) is 12.8. The van der Waals surface area contributed by atoms with Crippen molar-refractivity contribution < 1.29 is 19.6 Å². The summed E-state index contributed by atoms with van der Waals surface area (Å²) in [5, 5.41) is 18.4. The molecule has 0 bridgehead atoms. The van der Waals surface area contributed by atoms with E-state index in [2.05, 4.69) is 12.1 Å². The van der Waals surface area contributed by atoms with Gasteiger partial charge in [0.1, 0.15) is 12.3 Å². The predicted molar refractivity (Wildman–Crippen MR) is 112 cm³/mol. The Balaban J connectivity index is 0.000000409. The number of carbonyl (C=O) groups is 2. The second kappa shape index (κ2) is 15.9. The Morgan fingerprint density at radius 2 is 1.66 bits per heavy atom. The SMILES string of the molecule is NCCC[C@@H](N)C(=O)O.NCCc1ccccc1.O=Cc1ccc([N+](=O)[O-])cc1. The molecule has 9 heteroatoms. The van der Waals surface area contributed by atoms with Crippen LogP contribution in [0, 0.1) is 10.1 Å². The fourth-order valence-corrected chi connectivity index (χ4v) is 1.95. The molecule has 0 saturated carbocycles. The summed E-state index contributed by atoms with van der Waals surface area (Å²) in [4.78, 5) is 29.8. The zero-order chi connectivity index (χ0) is 22.1. The van der Waals surface area contributed by atoms with Crippen LogP contribution in [0.15, 0.2) is 54.6 Å². The van der Waals surface area contributed by atoms with Gasteiger partial charge in [-0.15, -0.1) is 0 Å². The summed E-state index contributed by atoms with van der Waals surface area (Å²) in [5.41, 5.74) is 17.4. The molecule has 0 aliphatic heterocycles. The summed E-state index contributed by atoms with van der Waals surface area (Å²) in [5.74, 6) is -0.955. The smallest absolute Gasteiger partial charge is 0.320 e. The number of carboxylic acids is 1. The Morgan fingerprint density at radius 1 is 1.07 bits per heavy atom. The van der Waals surface area contributed by atoms with Crippen LogP contribution in [0.1, 0.15) is 28.8 Å². The molecule has 7 N–H and O–H groups in total. The van der Waals surface area contributed by atoms with E-state index in [1.165, 1.54) is 29.8 Å². The number of nitrogens with zero attached hydrogens (tertiary/aromatic N) is 1. The quantitative estimate of drug-likeness (QED) is 0.292. The predicted octanol–water partition coefficient (Wildman–Crippen LogP) is 1.73. The molecule has 0 aliphatic carbocycles. The van der Waals surface area contributed by atoms with Crippen LogP contribution in [0.2, 0.25) is 0 Å². The highest BCUT2D eigenvalue weighted by molar-refractivity contribution is 5.75. The maximum atomic E-state index is 10.1. The molecule has 0 unspecified atom stereocenters. The third-order valence-electron chi connectivity index (χ3n) is 3.55. The summed E-state index contributed by atoms with van der Waals surface area (Å²) in [6.07, 6.45) is 2.77. The van der Waals surface area contributed by atoms with Crippen LogP contribution >= 0.6 is 0 Å². The molecule has 0 fully saturated rings. The molecule has 2 aromatic carbocycles. The molecule has 0 heterocycles. The minimum absolute atomic E-state index is 0.00407. The largest absolute Gasteiger partial charge is 0.480 e. The second-order valence-corrected chi connectivity index (χ2v) is 5.87. The number of carbonyl (C=O) groups excluding carboxylic acids is 1. The van der Waals surface area contributed by atoms with Gasteiger partial charge < -0.3 is 22.3 Å². The van der Waals surface area contributed by atoms with Gasteiger partial charge in [0.15, 0.2) is 0 Å². The number of nitrogens with two attached hydrogens (primary N) is 3. The van der Waals surface area contributed by atoms with Gasteiger partial charge in [0, 0.05) is 17.7 Å². The lowest BCUT2D eigenvalue weighted by Crippen LogP contribution is -2.30. The highest BCUT2D eigenvalue weighted by atomic mass is 16.6. The first kappa shape index (κ1) is 25.9. The van der Waals surface area contributed by atoms with Gasteiger partial charge in [-0.3, -0.25) is 19.7 Å². The molecule has 0 spiro atoms. The van der Waals surface area contributed by atoms with Gasteiger partial charge in [-0.1, -0.05) is 30.3 Å². The molecule has 29 heavy (non-hydrogen) atoms. The molecule has 2 aromatic rings. The van der Waals surface area contributed by atoms with Gasteiger partial charge in [0.05, 0.1) is 4.92 Å². The molecule has 0 amide bonds. The minimum atomic E-state index is -0.955. The fraction of sp³-hybridized carbons (Fsp3) is 0.300. The van der Waals surface area contributed by atoms with E-state index < -0.39 is 16.9 Å². The number of hydrogen-bond acceptors (Lipinski definition) is 7. The molecule has 0 radical (unpaired) electrons. The number of nitro groups is 1. The van der Waals surface area contributed by atoms with Crippen LogP contribution < -0.4 is 17.2 Å². The number of hydrogen-bond donors (Lipinski definition) is 4. The van der Waals surface area contributed by atoms with Gasteiger partial charge in [-0.05, 0) is 50.0 Å². The Morgan fingerprint density at radius 3 is 2.07 bits per heavy atom. The van der Waals surface area contributed by atoms with Crippen molar-refractivity contribution in [2.45, 2.75) is 25.3 Å². The van der Waals surface area contributed by atoms with Crippen molar-refractivity contribution in [3.63, 3.8) is 0 Å². The maximum absolute atomic E-state index is 10.1. The summed E-state index contributed by atoms with van der Waals surface area (Å²) in [6.45, 7) is 1.24. The van der Waals surface area contributed by atoms with Gasteiger partial charge in [0.2, 0.25) is 0 Å². The van der Waals surface area contributed by atoms with E-state index in [9.17, 15) is 19.7 Å². The van der Waals surface area contributed by atoms with Crippen molar-refractivity contribution >= 4 is 17.9 Å². The van der Waals surface area contributed by atoms with E-state index in [1.54, 1.807) is 0 Å². The number of benzene rings is 2. The summed E-state index contributed by atoms with van der Waals surface area (Å²) >= 11 is 0. The van der Waals surface area contributed by atoms with Crippen LogP contribution in [0.25, 0.3) is 0 Å². The molecule has 0 aromatic heterocycles. The monoisotopic (exact) mass is 404 g/mol. The van der Waals surface area contributed by atoms with Crippen molar-refractivity contribution in [3.8, 4) is 0 Å². The fourth-order valence-electron chi connectivity index (χ4n) is 1.95. The number of carboxylic acid groups (broad SMARTS) is 1. The van der Waals surface area contributed by atoms with Crippen LogP contribution in [-0.4, -0.2) is 41.4 Å². The van der Waals surface area contributed by atoms with Crippen molar-refractivity contribution in [2.24, 2.45) is 17.2 Å². The standard InChI is InChI=1S/C8H11N.C7H5NO3.C5H12N2O2/c9-7-6-8-4-2-1-3-5-8;9-5-6-1-3-7(4-2-6)8(10)11;6-3-1-2-4(7)5(8)9/h1-5H,6-7,9H2;1-5H;4H,1-3,6-7H2,(H,8,9)/t;;4-/m..1/s1. The van der Waals surface area contributed by atoms with E-state index in [0.29, 0.717) is 31.2 Å². The number of rotatable bonds is 8. The average Bonchev–Trinajstić information content (AvgIpc) is 2.74. The minimum Gasteiger partial charge on any atom is -0.480 e. The van der Waals surface area contributed by atoms with Gasteiger partial charge >= 0.3 is 5.97 Å². The average molecular weight is 404 g/mol. The summed E-state index contributed by atoms with van der Waals surface area (Å²) in [6, 6.07) is 14.9. The van der Waals surface area contributed by atoms with Gasteiger partial charge in [-0.2, -0.15) is 0 Å². The molecule has 9 nitrogen and oxygen atoms in total. The second-order valence-electron chi connectivity index (χ2n) is 5.87. The van der Waals surface area contributed by atoms with Crippen LogP contribution in [-0.2, 0) is 11.2 Å². The first-order valence-electron chi connectivity index (χ1n) is 8.97. The summed E-state index contributed by atoms with van der Waals surface area (Å²) in [7, 11) is 0. The molecule has 2 rings (SSSR count). The molecular formula is C20H28N4O5. The molecular weight excluding hydrogens is 376 g/mol. The van der Waals surface area contributed by atoms with E-state index in [4.69, 9.17) is 22.3 Å². The number of aliphatic carboxylic acids is 1. The Kier molecular flexibility index (Phi) is 14.2. The van der Waals surface area contributed by atoms with Crippen molar-refractivity contribution in [2.75, 3.05) is 13.1 Å². The van der Waals surface area contributed by atoms with Crippen molar-refractivity contribution in [1.82, 2.24) is 0 Å². The zero-order valence-corrected chi connectivity index (χ0v) is 16.1. The normalized spacial score (nSPS) is 10.4. The molecule has 1 atom stereocenters. The highest BCUT2D eigenvalue weighted by Crippen LogP contribution is 2.10.